The second-order valence-electron chi connectivity index (χ2n) is 5.88. The molecule has 2 aromatic heterocycles. The van der Waals surface area contributed by atoms with Gasteiger partial charge < -0.3 is 0 Å². The topological polar surface area (TPSA) is 30.2 Å². The minimum atomic E-state index is 0.657. The minimum absolute atomic E-state index is 0.657. The minimum Gasteiger partial charge on any atom is -0.217 e. The van der Waals surface area contributed by atoms with E-state index in [2.05, 4.69) is 31.2 Å². The first-order valence-corrected chi connectivity index (χ1v) is 8.56. The summed E-state index contributed by atoms with van der Waals surface area (Å²) >= 11 is 1.77. The van der Waals surface area contributed by atoms with Crippen molar-refractivity contribution in [2.75, 3.05) is 0 Å². The Morgan fingerprint density at radius 3 is 2.57 bits per heavy atom. The van der Waals surface area contributed by atoms with Gasteiger partial charge in [-0.3, -0.25) is 0 Å². The van der Waals surface area contributed by atoms with Crippen LogP contribution in [0.5, 0.6) is 0 Å². The van der Waals surface area contributed by atoms with Gasteiger partial charge in [0.2, 0.25) is 4.96 Å². The molecule has 0 atom stereocenters. The Kier molecular flexibility index (Phi) is 3.26. The lowest BCUT2D eigenvalue weighted by molar-refractivity contribution is 0.439. The van der Waals surface area contributed by atoms with Crippen molar-refractivity contribution in [3.8, 4) is 11.3 Å². The van der Waals surface area contributed by atoms with Gasteiger partial charge in [-0.15, -0.1) is 0 Å². The number of aryl methyl sites for hydroxylation is 1. The fourth-order valence-electron chi connectivity index (χ4n) is 3.25. The van der Waals surface area contributed by atoms with Crippen molar-refractivity contribution in [1.29, 1.82) is 0 Å². The third-order valence-corrected chi connectivity index (χ3v) is 5.52. The summed E-state index contributed by atoms with van der Waals surface area (Å²) in [5.74, 6) is 0.657. The van der Waals surface area contributed by atoms with Crippen molar-refractivity contribution in [2.24, 2.45) is 0 Å². The van der Waals surface area contributed by atoms with Gasteiger partial charge in [0.05, 0.1) is 11.4 Å². The predicted molar refractivity (Wildman–Crippen MR) is 86.9 cm³/mol. The van der Waals surface area contributed by atoms with E-state index in [9.17, 15) is 0 Å². The fraction of sp³-hybridized carbons (Fsp3) is 0.412. The van der Waals surface area contributed by atoms with E-state index in [1.807, 2.05) is 10.6 Å². The van der Waals surface area contributed by atoms with E-state index in [4.69, 9.17) is 10.1 Å². The molecular weight excluding hydrogens is 278 g/mol. The average molecular weight is 297 g/mol. The maximum Gasteiger partial charge on any atom is 0.212 e. The van der Waals surface area contributed by atoms with Crippen LogP contribution in [0.15, 0.2) is 30.3 Å². The Hall–Kier alpha value is -1.68. The van der Waals surface area contributed by atoms with Crippen LogP contribution >= 0.6 is 11.3 Å². The van der Waals surface area contributed by atoms with Crippen LogP contribution in [-0.4, -0.2) is 14.6 Å². The van der Waals surface area contributed by atoms with Crippen molar-refractivity contribution in [3.63, 3.8) is 0 Å². The van der Waals surface area contributed by atoms with Crippen molar-refractivity contribution in [2.45, 2.75) is 44.9 Å². The highest BCUT2D eigenvalue weighted by atomic mass is 32.1. The molecule has 2 heterocycles. The normalized spacial score (nSPS) is 16.6. The molecule has 0 radical (unpaired) electrons. The number of benzene rings is 1. The summed E-state index contributed by atoms with van der Waals surface area (Å²) in [5, 5.41) is 6.13. The van der Waals surface area contributed by atoms with E-state index in [0.717, 1.165) is 16.3 Å². The maximum atomic E-state index is 4.85. The largest absolute Gasteiger partial charge is 0.217 e. The molecule has 0 N–H and O–H groups in total. The molecule has 3 nitrogen and oxygen atoms in total. The number of imidazole rings is 1. The molecule has 4 heteroatoms. The summed E-state index contributed by atoms with van der Waals surface area (Å²) in [7, 11) is 0. The second-order valence-corrected chi connectivity index (χ2v) is 6.87. The summed E-state index contributed by atoms with van der Waals surface area (Å²) in [6, 6.07) is 10.4. The number of nitrogens with zero attached hydrogens (tertiary/aromatic N) is 3. The monoisotopic (exact) mass is 297 g/mol. The predicted octanol–water partition coefficient (Wildman–Crippen LogP) is 4.81. The van der Waals surface area contributed by atoms with Gasteiger partial charge in [0.15, 0.2) is 0 Å². The van der Waals surface area contributed by atoms with Crippen LogP contribution in [-0.2, 0) is 0 Å². The number of fused-ring (bicyclic) bond motifs is 1. The summed E-state index contributed by atoms with van der Waals surface area (Å²) in [6.07, 6.45) is 6.67. The van der Waals surface area contributed by atoms with Crippen LogP contribution in [0.2, 0.25) is 0 Å². The zero-order valence-electron chi connectivity index (χ0n) is 12.2. The van der Waals surface area contributed by atoms with Crippen LogP contribution in [0.1, 0.15) is 48.7 Å². The first-order valence-electron chi connectivity index (χ1n) is 7.74. The van der Waals surface area contributed by atoms with Crippen LogP contribution < -0.4 is 0 Å². The van der Waals surface area contributed by atoms with Crippen molar-refractivity contribution in [1.82, 2.24) is 14.6 Å². The van der Waals surface area contributed by atoms with Crippen molar-refractivity contribution < 1.29 is 0 Å². The molecule has 3 aromatic rings. The molecular formula is C17H19N3S. The number of aromatic nitrogens is 3. The molecule has 1 saturated carbocycles. The lowest BCUT2D eigenvalue weighted by atomic mass is 9.90. The Labute approximate surface area is 128 Å². The lowest BCUT2D eigenvalue weighted by Gasteiger charge is -2.18. The van der Waals surface area contributed by atoms with Crippen LogP contribution in [0.25, 0.3) is 16.2 Å². The van der Waals surface area contributed by atoms with E-state index in [1.54, 1.807) is 11.3 Å². The highest BCUT2D eigenvalue weighted by Gasteiger charge is 2.22. The summed E-state index contributed by atoms with van der Waals surface area (Å²) in [6.45, 7) is 2.12. The van der Waals surface area contributed by atoms with Gasteiger partial charge in [-0.1, -0.05) is 60.9 Å². The van der Waals surface area contributed by atoms with Crippen molar-refractivity contribution >= 4 is 16.3 Å². The van der Waals surface area contributed by atoms with Gasteiger partial charge in [-0.25, -0.2) is 9.50 Å². The molecule has 108 valence electrons. The molecule has 0 saturated heterocycles. The summed E-state index contributed by atoms with van der Waals surface area (Å²) in [4.78, 5) is 5.85. The molecule has 1 aliphatic carbocycles. The van der Waals surface area contributed by atoms with E-state index < -0.39 is 0 Å². The Morgan fingerprint density at radius 2 is 1.86 bits per heavy atom. The number of rotatable bonds is 2. The molecule has 1 fully saturated rings. The third kappa shape index (κ3) is 2.27. The van der Waals surface area contributed by atoms with E-state index in [1.165, 1.54) is 42.7 Å². The summed E-state index contributed by atoms with van der Waals surface area (Å²) < 4.78 is 2.04. The van der Waals surface area contributed by atoms with Crippen LogP contribution in [0, 0.1) is 6.92 Å². The third-order valence-electron chi connectivity index (χ3n) is 4.45. The zero-order chi connectivity index (χ0) is 14.2. The maximum absolute atomic E-state index is 4.85. The van der Waals surface area contributed by atoms with Gasteiger partial charge in [-0.05, 0) is 19.8 Å². The zero-order valence-corrected chi connectivity index (χ0v) is 13.1. The fourth-order valence-corrected chi connectivity index (χ4v) is 4.36. The molecule has 0 unspecified atom stereocenters. The number of hydrogen-bond donors (Lipinski definition) is 0. The Balaban J connectivity index is 1.74. The first-order chi connectivity index (χ1) is 10.3. The van der Waals surface area contributed by atoms with Gasteiger partial charge in [-0.2, -0.15) is 5.10 Å². The SMILES string of the molecule is Cc1c(-c2ccccc2)nc2sc(C3CCCCC3)nn12. The average Bonchev–Trinajstić information content (AvgIpc) is 3.09. The van der Waals surface area contributed by atoms with Gasteiger partial charge >= 0.3 is 0 Å². The Morgan fingerprint density at radius 1 is 1.10 bits per heavy atom. The smallest absolute Gasteiger partial charge is 0.212 e. The molecule has 0 spiro atoms. The lowest BCUT2D eigenvalue weighted by Crippen LogP contribution is -2.04. The quantitative estimate of drug-likeness (QED) is 0.679. The van der Waals surface area contributed by atoms with Crippen LogP contribution in [0.3, 0.4) is 0 Å². The first kappa shape index (κ1) is 13.0. The molecule has 1 aliphatic rings. The molecule has 0 aliphatic heterocycles. The highest BCUT2D eigenvalue weighted by molar-refractivity contribution is 7.16. The van der Waals surface area contributed by atoms with E-state index >= 15 is 0 Å². The number of hydrogen-bond acceptors (Lipinski definition) is 3. The second kappa shape index (κ2) is 5.26. The summed E-state index contributed by atoms with van der Waals surface area (Å²) in [5.41, 5.74) is 3.38. The van der Waals surface area contributed by atoms with E-state index in [0.29, 0.717) is 5.92 Å². The molecule has 1 aromatic carbocycles. The van der Waals surface area contributed by atoms with Crippen LogP contribution in [0.4, 0.5) is 0 Å². The van der Waals surface area contributed by atoms with Gasteiger partial charge in [0.1, 0.15) is 5.01 Å². The molecule has 21 heavy (non-hydrogen) atoms. The Bertz CT molecular complexity index is 751. The molecule has 4 rings (SSSR count). The van der Waals surface area contributed by atoms with Gasteiger partial charge in [0, 0.05) is 11.5 Å². The molecule has 0 amide bonds. The van der Waals surface area contributed by atoms with Crippen molar-refractivity contribution in [3.05, 3.63) is 41.0 Å². The van der Waals surface area contributed by atoms with Gasteiger partial charge in [0.25, 0.3) is 0 Å². The standard InChI is InChI=1S/C17H19N3S/c1-12-15(13-8-4-2-5-9-13)18-17-20(12)19-16(21-17)14-10-6-3-7-11-14/h2,4-5,8-9,14H,3,6-7,10-11H2,1H3. The highest BCUT2D eigenvalue weighted by Crippen LogP contribution is 2.36. The van der Waals surface area contributed by atoms with E-state index in [-0.39, 0.29) is 0 Å². The molecule has 0 bridgehead atoms.